The molecule has 7 nitrogen and oxygen atoms in total. The number of sulfone groups is 1. The third kappa shape index (κ3) is 7.08. The zero-order valence-electron chi connectivity index (χ0n) is 19.7. The molecule has 2 N–H and O–H groups in total. The Morgan fingerprint density at radius 2 is 1.78 bits per heavy atom. The zero-order chi connectivity index (χ0) is 27.5. The van der Waals surface area contributed by atoms with Crippen molar-refractivity contribution in [3.8, 4) is 0 Å². The van der Waals surface area contributed by atoms with Crippen molar-refractivity contribution in [1.82, 2.24) is 10.2 Å². The van der Waals surface area contributed by atoms with Gasteiger partial charge in [0.15, 0.2) is 9.84 Å². The van der Waals surface area contributed by atoms with Crippen LogP contribution in [0, 0.1) is 5.92 Å². The molecule has 0 aliphatic carbocycles. The number of hydrogen-bond donors (Lipinski definition) is 2. The van der Waals surface area contributed by atoms with Gasteiger partial charge in [-0.2, -0.15) is 13.2 Å². The molecule has 0 atom stereocenters. The molecule has 0 bridgehead atoms. The third-order valence-electron chi connectivity index (χ3n) is 6.32. The number of likely N-dealkylation sites (tertiary alicyclic amines) is 1. The van der Waals surface area contributed by atoms with E-state index in [4.69, 9.17) is 28.3 Å². The standard InChI is InChI=1S/C24H25Cl2F3N2O5S/c1-2-37(35,36)21-4-3-17(25)10-16(21)13-30-22(32)15-11-19(24(27,28)29)18(20(26)12-15)9-14-5-7-31(8-6-14)23(33)34/h3-4,10-12,14H,2,5-9,13H2,1H3,(H,30,32)(H,33,34). The fraction of sp³-hybridized carbons (Fsp3) is 0.417. The highest BCUT2D eigenvalue weighted by molar-refractivity contribution is 7.91. The van der Waals surface area contributed by atoms with Crippen molar-refractivity contribution in [2.75, 3.05) is 18.8 Å². The molecule has 0 spiro atoms. The lowest BCUT2D eigenvalue weighted by atomic mass is 9.87. The summed E-state index contributed by atoms with van der Waals surface area (Å²) in [6.07, 6.45) is -5.08. The number of hydrogen-bond acceptors (Lipinski definition) is 4. The second-order valence-corrected chi connectivity index (χ2v) is 11.8. The van der Waals surface area contributed by atoms with Crippen LogP contribution in [0.3, 0.4) is 0 Å². The van der Waals surface area contributed by atoms with Crippen molar-refractivity contribution in [2.45, 2.75) is 43.8 Å². The monoisotopic (exact) mass is 580 g/mol. The van der Waals surface area contributed by atoms with Crippen LogP contribution in [-0.4, -0.2) is 49.3 Å². The van der Waals surface area contributed by atoms with E-state index in [1.165, 1.54) is 30.0 Å². The molecule has 37 heavy (non-hydrogen) atoms. The second kappa shape index (κ2) is 11.5. The van der Waals surface area contributed by atoms with Crippen molar-refractivity contribution in [3.63, 3.8) is 0 Å². The van der Waals surface area contributed by atoms with Gasteiger partial charge in [-0.3, -0.25) is 4.79 Å². The predicted octanol–water partition coefficient (Wildman–Crippen LogP) is 5.67. The maximum atomic E-state index is 14.0. The minimum Gasteiger partial charge on any atom is -0.465 e. The lowest BCUT2D eigenvalue weighted by Crippen LogP contribution is -2.38. The summed E-state index contributed by atoms with van der Waals surface area (Å²) in [5.74, 6) is -1.25. The van der Waals surface area contributed by atoms with E-state index in [-0.39, 0.29) is 69.4 Å². The van der Waals surface area contributed by atoms with Crippen LogP contribution in [0.2, 0.25) is 10.0 Å². The molecule has 13 heteroatoms. The predicted molar refractivity (Wildman–Crippen MR) is 133 cm³/mol. The third-order valence-corrected chi connectivity index (χ3v) is 8.72. The number of nitrogens with one attached hydrogen (secondary N) is 1. The molecule has 0 saturated carbocycles. The number of benzene rings is 2. The van der Waals surface area contributed by atoms with Gasteiger partial charge in [-0.1, -0.05) is 30.1 Å². The summed E-state index contributed by atoms with van der Waals surface area (Å²) in [5.41, 5.74) is -1.31. The Morgan fingerprint density at radius 3 is 2.35 bits per heavy atom. The Kier molecular flexibility index (Phi) is 9.02. The van der Waals surface area contributed by atoms with Gasteiger partial charge in [0.05, 0.1) is 16.2 Å². The first-order valence-electron chi connectivity index (χ1n) is 11.4. The molecule has 1 aliphatic heterocycles. The highest BCUT2D eigenvalue weighted by Crippen LogP contribution is 2.38. The number of amides is 2. The average molecular weight is 581 g/mol. The molecule has 3 rings (SSSR count). The van der Waals surface area contributed by atoms with Gasteiger partial charge in [-0.05, 0) is 66.6 Å². The molecule has 202 valence electrons. The maximum absolute atomic E-state index is 14.0. The van der Waals surface area contributed by atoms with Gasteiger partial charge in [0, 0.05) is 35.2 Å². The molecular formula is C24H25Cl2F3N2O5S. The van der Waals surface area contributed by atoms with Gasteiger partial charge >= 0.3 is 12.3 Å². The zero-order valence-corrected chi connectivity index (χ0v) is 22.1. The molecule has 1 fully saturated rings. The first kappa shape index (κ1) is 29.1. The van der Waals surface area contributed by atoms with Gasteiger partial charge in [0.1, 0.15) is 0 Å². The average Bonchev–Trinajstić information content (AvgIpc) is 2.83. The topological polar surface area (TPSA) is 104 Å². The summed E-state index contributed by atoms with van der Waals surface area (Å²) in [6, 6.07) is 5.96. The molecule has 0 unspecified atom stereocenters. The Morgan fingerprint density at radius 1 is 1.14 bits per heavy atom. The smallest absolute Gasteiger partial charge is 0.416 e. The van der Waals surface area contributed by atoms with Gasteiger partial charge in [0.2, 0.25) is 0 Å². The number of nitrogens with zero attached hydrogens (tertiary/aromatic N) is 1. The highest BCUT2D eigenvalue weighted by atomic mass is 35.5. The van der Waals surface area contributed by atoms with Crippen LogP contribution in [0.25, 0.3) is 0 Å². The van der Waals surface area contributed by atoms with E-state index in [1.807, 2.05) is 0 Å². The van der Waals surface area contributed by atoms with Crippen molar-refractivity contribution in [2.24, 2.45) is 5.92 Å². The summed E-state index contributed by atoms with van der Waals surface area (Å²) >= 11 is 12.2. The quantitative estimate of drug-likeness (QED) is 0.439. The van der Waals surface area contributed by atoms with E-state index in [0.717, 1.165) is 12.1 Å². The van der Waals surface area contributed by atoms with E-state index >= 15 is 0 Å². The van der Waals surface area contributed by atoms with Crippen molar-refractivity contribution in [3.05, 3.63) is 62.6 Å². The number of halogens is 5. The van der Waals surface area contributed by atoms with Crippen LogP contribution in [-0.2, 0) is 29.0 Å². The van der Waals surface area contributed by atoms with E-state index in [1.54, 1.807) is 0 Å². The molecular weight excluding hydrogens is 556 g/mol. The number of rotatable bonds is 7. The lowest BCUT2D eigenvalue weighted by Gasteiger charge is -2.30. The van der Waals surface area contributed by atoms with Crippen LogP contribution in [0.4, 0.5) is 18.0 Å². The summed E-state index contributed by atoms with van der Waals surface area (Å²) in [7, 11) is -3.63. The number of piperidine rings is 1. The Balaban J connectivity index is 1.84. The highest BCUT2D eigenvalue weighted by Gasteiger charge is 2.36. The van der Waals surface area contributed by atoms with Crippen LogP contribution in [0.1, 0.15) is 46.8 Å². The van der Waals surface area contributed by atoms with Crippen molar-refractivity contribution < 1.29 is 36.3 Å². The molecule has 0 radical (unpaired) electrons. The fourth-order valence-electron chi connectivity index (χ4n) is 4.27. The summed E-state index contributed by atoms with van der Waals surface area (Å²) in [4.78, 5) is 25.1. The number of carboxylic acid groups (broad SMARTS) is 1. The molecule has 0 aromatic heterocycles. The number of carbonyl (C=O) groups is 2. The Hall–Kier alpha value is -2.50. The minimum absolute atomic E-state index is 0.0101. The van der Waals surface area contributed by atoms with Gasteiger partial charge in [0.25, 0.3) is 5.91 Å². The van der Waals surface area contributed by atoms with Crippen molar-refractivity contribution in [1.29, 1.82) is 0 Å². The Labute approximate surface area is 222 Å². The van der Waals surface area contributed by atoms with Crippen LogP contribution < -0.4 is 5.32 Å². The second-order valence-electron chi connectivity index (χ2n) is 8.74. The van der Waals surface area contributed by atoms with E-state index in [9.17, 15) is 31.2 Å². The van der Waals surface area contributed by atoms with Crippen LogP contribution >= 0.6 is 23.2 Å². The van der Waals surface area contributed by atoms with Gasteiger partial charge in [-0.25, -0.2) is 13.2 Å². The molecule has 2 amide bonds. The van der Waals surface area contributed by atoms with Gasteiger partial charge < -0.3 is 15.3 Å². The molecule has 2 aromatic rings. The molecule has 1 aliphatic rings. The van der Waals surface area contributed by atoms with Crippen LogP contribution in [0.15, 0.2) is 35.2 Å². The van der Waals surface area contributed by atoms with Crippen LogP contribution in [0.5, 0.6) is 0 Å². The van der Waals surface area contributed by atoms with E-state index in [0.29, 0.717) is 12.8 Å². The van der Waals surface area contributed by atoms with E-state index in [2.05, 4.69) is 5.32 Å². The first-order chi connectivity index (χ1) is 17.2. The summed E-state index contributed by atoms with van der Waals surface area (Å²) < 4.78 is 66.6. The number of alkyl halides is 3. The Bertz CT molecular complexity index is 1290. The van der Waals surface area contributed by atoms with Crippen molar-refractivity contribution >= 4 is 45.0 Å². The first-order valence-corrected chi connectivity index (χ1v) is 13.8. The summed E-state index contributed by atoms with van der Waals surface area (Å²) in [5, 5.41) is 11.5. The molecule has 2 aromatic carbocycles. The normalized spacial score (nSPS) is 15.0. The fourth-order valence-corrected chi connectivity index (χ4v) is 5.88. The minimum atomic E-state index is -4.79. The maximum Gasteiger partial charge on any atom is 0.416 e. The summed E-state index contributed by atoms with van der Waals surface area (Å²) in [6.45, 7) is 1.62. The van der Waals surface area contributed by atoms with Gasteiger partial charge in [-0.15, -0.1) is 0 Å². The molecule has 1 saturated heterocycles. The molecule has 1 heterocycles. The van der Waals surface area contributed by atoms with E-state index < -0.39 is 33.6 Å². The largest absolute Gasteiger partial charge is 0.465 e. The SMILES string of the molecule is CCS(=O)(=O)c1ccc(Cl)cc1CNC(=O)c1cc(Cl)c(CC2CCN(C(=O)O)CC2)c(C(F)(F)F)c1. The lowest BCUT2D eigenvalue weighted by molar-refractivity contribution is -0.138. The number of carbonyl (C=O) groups excluding carboxylic acids is 1.